The van der Waals surface area contributed by atoms with Crippen LogP contribution in [0.3, 0.4) is 0 Å². The van der Waals surface area contributed by atoms with Gasteiger partial charge in [-0.25, -0.2) is 0 Å². The molecule has 0 spiro atoms. The fourth-order valence-electron chi connectivity index (χ4n) is 2.11. The molecule has 2 aromatic carbocycles. The predicted molar refractivity (Wildman–Crippen MR) is 101 cm³/mol. The Morgan fingerprint density at radius 1 is 1.28 bits per heavy atom. The lowest BCUT2D eigenvalue weighted by atomic mass is 10.2. The van der Waals surface area contributed by atoms with E-state index in [9.17, 15) is 10.1 Å². The van der Waals surface area contributed by atoms with Gasteiger partial charge >= 0.3 is 0 Å². The summed E-state index contributed by atoms with van der Waals surface area (Å²) in [5.41, 5.74) is 2.76. The number of carbonyl (C=O) groups is 1. The number of ether oxygens (including phenoxy) is 1. The lowest BCUT2D eigenvalue weighted by Crippen LogP contribution is -2.24. The van der Waals surface area contributed by atoms with Crippen molar-refractivity contribution in [3.63, 3.8) is 0 Å². The number of benzene rings is 2. The molecule has 2 aromatic rings. The van der Waals surface area contributed by atoms with Crippen LogP contribution in [0.2, 0.25) is 0 Å². The molecule has 0 bridgehead atoms. The van der Waals surface area contributed by atoms with E-state index in [1.807, 2.05) is 55.5 Å². The molecule has 128 valence electrons. The number of carbonyl (C=O) groups excluding carboxylic acids is 1. The average molecular weight is 400 g/mol. The minimum Gasteiger partial charge on any atom is -0.497 e. The van der Waals surface area contributed by atoms with Crippen LogP contribution in [0.25, 0.3) is 0 Å². The number of nitriles is 1. The number of rotatable bonds is 6. The van der Waals surface area contributed by atoms with Crippen LogP contribution in [0, 0.1) is 18.3 Å². The highest BCUT2D eigenvalue weighted by Crippen LogP contribution is 2.20. The Morgan fingerprint density at radius 3 is 2.60 bits per heavy atom. The third-order valence-electron chi connectivity index (χ3n) is 3.54. The van der Waals surface area contributed by atoms with Crippen LogP contribution < -0.4 is 15.4 Å². The molecule has 0 radical (unpaired) electrons. The molecule has 5 nitrogen and oxygen atoms in total. The Labute approximate surface area is 155 Å². The molecule has 0 fully saturated rings. The van der Waals surface area contributed by atoms with Crippen LogP contribution in [0.15, 0.2) is 58.7 Å². The zero-order chi connectivity index (χ0) is 18.2. The largest absolute Gasteiger partial charge is 0.497 e. The Morgan fingerprint density at radius 2 is 2.00 bits per heavy atom. The molecule has 0 atom stereocenters. The lowest BCUT2D eigenvalue weighted by molar-refractivity contribution is -0.117. The number of hydrogen-bond acceptors (Lipinski definition) is 4. The molecular weight excluding hydrogens is 382 g/mol. The highest BCUT2D eigenvalue weighted by molar-refractivity contribution is 9.10. The fraction of sp³-hybridized carbons (Fsp3) is 0.158. The first kappa shape index (κ1) is 18.6. The van der Waals surface area contributed by atoms with Crippen LogP contribution in [0.5, 0.6) is 5.75 Å². The number of aryl methyl sites for hydroxylation is 1. The first-order valence-electron chi connectivity index (χ1n) is 7.57. The van der Waals surface area contributed by atoms with Crippen molar-refractivity contribution in [3.05, 3.63) is 69.8 Å². The normalized spacial score (nSPS) is 10.7. The van der Waals surface area contributed by atoms with E-state index >= 15 is 0 Å². The molecule has 25 heavy (non-hydrogen) atoms. The SMILES string of the molecule is COc1ccc(CNC(=O)/C(C#N)=C\Nc2ccc(Br)cc2C)cc1. The highest BCUT2D eigenvalue weighted by atomic mass is 79.9. The summed E-state index contributed by atoms with van der Waals surface area (Å²) in [5.74, 6) is 0.322. The van der Waals surface area contributed by atoms with Crippen molar-refractivity contribution < 1.29 is 9.53 Å². The maximum atomic E-state index is 12.2. The minimum atomic E-state index is -0.430. The van der Waals surface area contributed by atoms with E-state index in [2.05, 4.69) is 26.6 Å². The predicted octanol–water partition coefficient (Wildman–Crippen LogP) is 3.90. The molecule has 0 heterocycles. The van der Waals surface area contributed by atoms with Crippen LogP contribution in [0.1, 0.15) is 11.1 Å². The molecule has 0 saturated heterocycles. The summed E-state index contributed by atoms with van der Waals surface area (Å²) in [6.45, 7) is 2.27. The van der Waals surface area contributed by atoms with Crippen LogP contribution in [0.4, 0.5) is 5.69 Å². The summed E-state index contributed by atoms with van der Waals surface area (Å²) in [6, 6.07) is 15.0. The van der Waals surface area contributed by atoms with Gasteiger partial charge in [0, 0.05) is 22.9 Å². The standard InChI is InChI=1S/C19H18BrN3O2/c1-13-9-16(20)5-8-18(13)22-12-15(10-21)19(24)23-11-14-3-6-17(25-2)7-4-14/h3-9,12,22H,11H2,1-2H3,(H,23,24)/b15-12-. The van der Waals surface area contributed by atoms with E-state index in [4.69, 9.17) is 4.74 Å². The molecule has 6 heteroatoms. The third-order valence-corrected chi connectivity index (χ3v) is 4.03. The van der Waals surface area contributed by atoms with Gasteiger partial charge in [0.25, 0.3) is 5.91 Å². The Kier molecular flexibility index (Phi) is 6.61. The van der Waals surface area contributed by atoms with Crippen molar-refractivity contribution in [3.8, 4) is 11.8 Å². The van der Waals surface area contributed by atoms with Gasteiger partial charge in [-0.15, -0.1) is 0 Å². The van der Waals surface area contributed by atoms with Gasteiger partial charge in [-0.3, -0.25) is 4.79 Å². The summed E-state index contributed by atoms with van der Waals surface area (Å²) < 4.78 is 6.06. The number of nitrogens with one attached hydrogen (secondary N) is 2. The van der Waals surface area contributed by atoms with E-state index in [1.165, 1.54) is 6.20 Å². The van der Waals surface area contributed by atoms with E-state index in [1.54, 1.807) is 7.11 Å². The summed E-state index contributed by atoms with van der Waals surface area (Å²) >= 11 is 3.40. The number of methoxy groups -OCH3 is 1. The van der Waals surface area contributed by atoms with Crippen molar-refractivity contribution in [2.75, 3.05) is 12.4 Å². The maximum Gasteiger partial charge on any atom is 0.263 e. The van der Waals surface area contributed by atoms with Crippen LogP contribution in [-0.2, 0) is 11.3 Å². The van der Waals surface area contributed by atoms with Crippen molar-refractivity contribution in [1.29, 1.82) is 5.26 Å². The molecule has 1 amide bonds. The van der Waals surface area contributed by atoms with Crippen molar-refractivity contribution >= 4 is 27.5 Å². The van der Waals surface area contributed by atoms with Crippen LogP contribution in [-0.4, -0.2) is 13.0 Å². The number of amides is 1. The first-order valence-corrected chi connectivity index (χ1v) is 8.37. The van der Waals surface area contributed by atoms with E-state index in [-0.39, 0.29) is 5.57 Å². The zero-order valence-corrected chi connectivity index (χ0v) is 15.6. The second-order valence-corrected chi connectivity index (χ2v) is 6.22. The van der Waals surface area contributed by atoms with Gasteiger partial charge in [0.1, 0.15) is 17.4 Å². The van der Waals surface area contributed by atoms with Crippen LogP contribution >= 0.6 is 15.9 Å². The quantitative estimate of drug-likeness (QED) is 0.570. The molecule has 0 aromatic heterocycles. The number of hydrogen-bond donors (Lipinski definition) is 2. The fourth-order valence-corrected chi connectivity index (χ4v) is 2.58. The zero-order valence-electron chi connectivity index (χ0n) is 14.0. The molecule has 0 aliphatic rings. The summed E-state index contributed by atoms with van der Waals surface area (Å²) in [6.07, 6.45) is 1.42. The molecule has 0 saturated carbocycles. The van der Waals surface area contributed by atoms with Gasteiger partial charge in [-0.1, -0.05) is 28.1 Å². The number of anilines is 1. The number of nitrogens with zero attached hydrogens (tertiary/aromatic N) is 1. The van der Waals surface area contributed by atoms with E-state index < -0.39 is 5.91 Å². The molecule has 0 unspecified atom stereocenters. The Balaban J connectivity index is 1.98. The second kappa shape index (κ2) is 8.90. The Hall–Kier alpha value is -2.78. The number of halogens is 1. The van der Waals surface area contributed by atoms with Gasteiger partial charge in [-0.05, 0) is 48.4 Å². The van der Waals surface area contributed by atoms with Gasteiger partial charge in [-0.2, -0.15) is 5.26 Å². The second-order valence-electron chi connectivity index (χ2n) is 5.30. The smallest absolute Gasteiger partial charge is 0.263 e. The third kappa shape index (κ3) is 5.37. The van der Waals surface area contributed by atoms with Crippen molar-refractivity contribution in [1.82, 2.24) is 5.32 Å². The van der Waals surface area contributed by atoms with Gasteiger partial charge in [0.15, 0.2) is 0 Å². The summed E-state index contributed by atoms with van der Waals surface area (Å²) in [5, 5.41) is 14.9. The molecule has 0 aliphatic heterocycles. The Bertz CT molecular complexity index is 824. The lowest BCUT2D eigenvalue weighted by Gasteiger charge is -2.08. The van der Waals surface area contributed by atoms with Crippen molar-refractivity contribution in [2.24, 2.45) is 0 Å². The molecule has 2 N–H and O–H groups in total. The minimum absolute atomic E-state index is 0.0100. The molecule has 0 aliphatic carbocycles. The summed E-state index contributed by atoms with van der Waals surface area (Å²) in [7, 11) is 1.60. The van der Waals surface area contributed by atoms with Gasteiger partial charge in [0.2, 0.25) is 0 Å². The van der Waals surface area contributed by atoms with E-state index in [0.717, 1.165) is 27.0 Å². The molecule has 2 rings (SSSR count). The van der Waals surface area contributed by atoms with E-state index in [0.29, 0.717) is 6.54 Å². The summed E-state index contributed by atoms with van der Waals surface area (Å²) in [4.78, 5) is 12.2. The highest BCUT2D eigenvalue weighted by Gasteiger charge is 2.09. The van der Waals surface area contributed by atoms with Gasteiger partial charge in [0.05, 0.1) is 7.11 Å². The average Bonchev–Trinajstić information content (AvgIpc) is 2.62. The van der Waals surface area contributed by atoms with Crippen molar-refractivity contribution in [2.45, 2.75) is 13.5 Å². The topological polar surface area (TPSA) is 74.1 Å². The monoisotopic (exact) mass is 399 g/mol. The first-order chi connectivity index (χ1) is 12.0. The molecular formula is C19H18BrN3O2. The maximum absolute atomic E-state index is 12.2. The van der Waals surface area contributed by atoms with Gasteiger partial charge < -0.3 is 15.4 Å².